The lowest BCUT2D eigenvalue weighted by atomic mass is 10.2. The Morgan fingerprint density at radius 3 is 2.94 bits per heavy atom. The molecular weight excluding hydrogens is 304 g/mol. The first-order valence-corrected chi connectivity index (χ1v) is 6.68. The Labute approximate surface area is 111 Å². The van der Waals surface area contributed by atoms with E-state index in [0.29, 0.717) is 17.8 Å². The molecule has 0 radical (unpaired) electrons. The van der Waals surface area contributed by atoms with Crippen LogP contribution in [0.2, 0.25) is 0 Å². The van der Waals surface area contributed by atoms with Crippen LogP contribution in [0.4, 0.5) is 0 Å². The topological polar surface area (TPSA) is 65.1 Å². The van der Waals surface area contributed by atoms with E-state index in [2.05, 4.69) is 26.2 Å². The van der Waals surface area contributed by atoms with Crippen molar-refractivity contribution in [3.05, 3.63) is 44.3 Å². The highest BCUT2D eigenvalue weighted by molar-refractivity contribution is 9.10. The summed E-state index contributed by atoms with van der Waals surface area (Å²) in [6.07, 6.45) is 1.64. The lowest BCUT2D eigenvalue weighted by Gasteiger charge is -2.03. The third-order valence-corrected chi connectivity index (χ3v) is 4.27. The minimum absolute atomic E-state index is 0.322. The molecule has 4 nitrogen and oxygen atoms in total. The minimum Gasteiger partial charge on any atom is -0.478 e. The number of nitrogens with one attached hydrogen (secondary N) is 2. The summed E-state index contributed by atoms with van der Waals surface area (Å²) in [7, 11) is 0. The van der Waals surface area contributed by atoms with Gasteiger partial charge in [0.1, 0.15) is 0 Å². The Hall–Kier alpha value is -1.11. The summed E-state index contributed by atoms with van der Waals surface area (Å²) in [5.74, 6) is -0.902. The van der Waals surface area contributed by atoms with E-state index in [9.17, 15) is 4.79 Å². The van der Waals surface area contributed by atoms with Gasteiger partial charge in [-0.15, -0.1) is 11.3 Å². The number of hydrogen-bond donors (Lipinski definition) is 3. The van der Waals surface area contributed by atoms with Crippen LogP contribution in [0.15, 0.2) is 28.2 Å². The van der Waals surface area contributed by atoms with Gasteiger partial charge < -0.3 is 15.4 Å². The van der Waals surface area contributed by atoms with Crippen molar-refractivity contribution >= 4 is 33.2 Å². The number of H-pyrrole nitrogens is 1. The second-order valence-corrected chi connectivity index (χ2v) is 5.33. The molecule has 2 rings (SSSR count). The molecule has 2 heterocycles. The molecule has 0 aliphatic heterocycles. The SMILES string of the molecule is O=C(O)c1cc[nH]c1CNCc1sccc1Br. The largest absolute Gasteiger partial charge is 0.478 e. The number of carboxylic acids is 1. The van der Waals surface area contributed by atoms with Crippen molar-refractivity contribution in [1.82, 2.24) is 10.3 Å². The van der Waals surface area contributed by atoms with Crippen LogP contribution in [0, 0.1) is 0 Å². The standard InChI is InChI=1S/C11H11BrN2O2S/c12-8-2-4-17-10(8)6-13-5-9-7(11(15)16)1-3-14-9/h1-4,13-14H,5-6H2,(H,15,16). The number of carboxylic acid groups (broad SMARTS) is 1. The number of aromatic carboxylic acids is 1. The molecule has 0 aliphatic rings. The van der Waals surface area contributed by atoms with E-state index >= 15 is 0 Å². The van der Waals surface area contributed by atoms with E-state index < -0.39 is 5.97 Å². The molecule has 0 amide bonds. The Bertz CT molecular complexity index is 521. The highest BCUT2D eigenvalue weighted by atomic mass is 79.9. The first-order chi connectivity index (χ1) is 8.18. The number of carbonyl (C=O) groups is 1. The van der Waals surface area contributed by atoms with Crippen molar-refractivity contribution in [2.75, 3.05) is 0 Å². The molecule has 3 N–H and O–H groups in total. The fraction of sp³-hybridized carbons (Fsp3) is 0.182. The van der Waals surface area contributed by atoms with Gasteiger partial charge in [0, 0.05) is 34.3 Å². The zero-order chi connectivity index (χ0) is 12.3. The number of thiophene rings is 1. The van der Waals surface area contributed by atoms with E-state index in [1.165, 1.54) is 4.88 Å². The van der Waals surface area contributed by atoms with Crippen LogP contribution in [0.5, 0.6) is 0 Å². The predicted octanol–water partition coefficient (Wildman–Crippen LogP) is 2.83. The molecule has 90 valence electrons. The van der Waals surface area contributed by atoms with Crippen LogP contribution in [0.25, 0.3) is 0 Å². The molecule has 6 heteroatoms. The number of halogens is 1. The molecule has 0 aromatic carbocycles. The number of hydrogen-bond acceptors (Lipinski definition) is 3. The minimum atomic E-state index is -0.902. The second kappa shape index (κ2) is 5.48. The van der Waals surface area contributed by atoms with E-state index in [1.807, 2.05) is 11.4 Å². The molecule has 2 aromatic heterocycles. The van der Waals surface area contributed by atoms with Crippen LogP contribution in [-0.4, -0.2) is 16.1 Å². The first kappa shape index (κ1) is 12.3. The molecule has 0 aliphatic carbocycles. The monoisotopic (exact) mass is 314 g/mol. The first-order valence-electron chi connectivity index (χ1n) is 5.00. The quantitative estimate of drug-likeness (QED) is 0.795. The van der Waals surface area contributed by atoms with Gasteiger partial charge in [-0.2, -0.15) is 0 Å². The van der Waals surface area contributed by atoms with Gasteiger partial charge in [-0.3, -0.25) is 0 Å². The van der Waals surface area contributed by atoms with Gasteiger partial charge >= 0.3 is 5.97 Å². The zero-order valence-electron chi connectivity index (χ0n) is 8.87. The van der Waals surface area contributed by atoms with Crippen molar-refractivity contribution in [1.29, 1.82) is 0 Å². The Balaban J connectivity index is 1.92. The second-order valence-electron chi connectivity index (χ2n) is 3.47. The van der Waals surface area contributed by atoms with Gasteiger partial charge in [0.25, 0.3) is 0 Å². The van der Waals surface area contributed by atoms with Crippen LogP contribution < -0.4 is 5.32 Å². The molecular formula is C11H11BrN2O2S. The highest BCUT2D eigenvalue weighted by Crippen LogP contribution is 2.22. The smallest absolute Gasteiger partial charge is 0.337 e. The summed E-state index contributed by atoms with van der Waals surface area (Å²) in [4.78, 5) is 15.0. The average molecular weight is 315 g/mol. The van der Waals surface area contributed by atoms with Crippen molar-refractivity contribution in [3.63, 3.8) is 0 Å². The summed E-state index contributed by atoms with van der Waals surface area (Å²) in [6, 6.07) is 3.57. The molecule has 0 atom stereocenters. The molecule has 2 aromatic rings. The lowest BCUT2D eigenvalue weighted by molar-refractivity contribution is 0.0695. The maximum absolute atomic E-state index is 10.9. The number of rotatable bonds is 5. The molecule has 0 spiro atoms. The summed E-state index contributed by atoms with van der Waals surface area (Å²) in [5, 5.41) is 14.2. The molecule has 0 bridgehead atoms. The van der Waals surface area contributed by atoms with Crippen molar-refractivity contribution in [3.8, 4) is 0 Å². The zero-order valence-corrected chi connectivity index (χ0v) is 11.3. The van der Waals surface area contributed by atoms with E-state index in [0.717, 1.165) is 11.0 Å². The fourth-order valence-corrected chi connectivity index (χ4v) is 2.96. The van der Waals surface area contributed by atoms with Crippen molar-refractivity contribution < 1.29 is 9.90 Å². The molecule has 0 saturated heterocycles. The van der Waals surface area contributed by atoms with Crippen LogP contribution >= 0.6 is 27.3 Å². The average Bonchev–Trinajstić information content (AvgIpc) is 2.88. The summed E-state index contributed by atoms with van der Waals surface area (Å²) < 4.78 is 1.08. The third kappa shape index (κ3) is 2.96. The van der Waals surface area contributed by atoms with E-state index in [1.54, 1.807) is 23.6 Å². The Morgan fingerprint density at radius 1 is 1.47 bits per heavy atom. The van der Waals surface area contributed by atoms with Gasteiger partial charge in [-0.1, -0.05) is 0 Å². The molecule has 0 saturated carbocycles. The lowest BCUT2D eigenvalue weighted by Crippen LogP contribution is -2.14. The summed E-state index contributed by atoms with van der Waals surface area (Å²) >= 11 is 5.11. The van der Waals surface area contributed by atoms with Crippen LogP contribution in [0.3, 0.4) is 0 Å². The molecule has 17 heavy (non-hydrogen) atoms. The van der Waals surface area contributed by atoms with E-state index in [4.69, 9.17) is 5.11 Å². The fourth-order valence-electron chi connectivity index (χ4n) is 1.50. The Kier molecular flexibility index (Phi) is 3.98. The third-order valence-electron chi connectivity index (χ3n) is 2.34. The Morgan fingerprint density at radius 2 is 2.29 bits per heavy atom. The van der Waals surface area contributed by atoms with Crippen LogP contribution in [0.1, 0.15) is 20.9 Å². The molecule has 0 fully saturated rings. The predicted molar refractivity (Wildman–Crippen MR) is 70.3 cm³/mol. The normalized spacial score (nSPS) is 10.6. The maximum Gasteiger partial charge on any atom is 0.337 e. The van der Waals surface area contributed by atoms with E-state index in [-0.39, 0.29) is 0 Å². The van der Waals surface area contributed by atoms with Gasteiger partial charge in [-0.05, 0) is 33.4 Å². The molecule has 0 unspecified atom stereocenters. The highest BCUT2D eigenvalue weighted by Gasteiger charge is 2.10. The van der Waals surface area contributed by atoms with Gasteiger partial charge in [-0.25, -0.2) is 4.79 Å². The summed E-state index contributed by atoms with van der Waals surface area (Å²) in [6.45, 7) is 1.23. The number of aromatic nitrogens is 1. The van der Waals surface area contributed by atoms with Crippen LogP contribution in [-0.2, 0) is 13.1 Å². The van der Waals surface area contributed by atoms with Crippen molar-refractivity contribution in [2.45, 2.75) is 13.1 Å². The summed E-state index contributed by atoms with van der Waals surface area (Å²) in [5.41, 5.74) is 1.02. The maximum atomic E-state index is 10.9. The number of aromatic amines is 1. The van der Waals surface area contributed by atoms with Gasteiger partial charge in [0.05, 0.1) is 5.56 Å². The van der Waals surface area contributed by atoms with Gasteiger partial charge in [0.2, 0.25) is 0 Å². The van der Waals surface area contributed by atoms with Gasteiger partial charge in [0.15, 0.2) is 0 Å². The van der Waals surface area contributed by atoms with Crippen molar-refractivity contribution in [2.24, 2.45) is 0 Å².